The highest BCUT2D eigenvalue weighted by Crippen LogP contribution is 2.32. The SMILES string of the molecule is C[C@H](OC(=O)c1ccc(Cl)cc1F)C(=O)N1c2ccccc2C[C@@H]1C. The Kier molecular flexibility index (Phi) is 4.77. The Morgan fingerprint density at radius 1 is 1.28 bits per heavy atom. The summed E-state index contributed by atoms with van der Waals surface area (Å²) in [5.41, 5.74) is 1.64. The van der Waals surface area contributed by atoms with Crippen LogP contribution < -0.4 is 4.90 Å². The number of hydrogen-bond donors (Lipinski definition) is 0. The van der Waals surface area contributed by atoms with Crippen molar-refractivity contribution in [1.29, 1.82) is 0 Å². The van der Waals surface area contributed by atoms with Crippen LogP contribution in [0.3, 0.4) is 0 Å². The summed E-state index contributed by atoms with van der Waals surface area (Å²) in [4.78, 5) is 26.5. The second-order valence-electron chi connectivity index (χ2n) is 6.06. The number of carbonyl (C=O) groups is 2. The molecule has 1 aliphatic heterocycles. The lowest BCUT2D eigenvalue weighted by Crippen LogP contribution is -2.43. The van der Waals surface area contributed by atoms with Crippen LogP contribution in [0.15, 0.2) is 42.5 Å². The van der Waals surface area contributed by atoms with E-state index < -0.39 is 17.9 Å². The van der Waals surface area contributed by atoms with Gasteiger partial charge in [0.1, 0.15) is 5.82 Å². The van der Waals surface area contributed by atoms with Crippen LogP contribution in [0.2, 0.25) is 5.02 Å². The van der Waals surface area contributed by atoms with Gasteiger partial charge < -0.3 is 9.64 Å². The number of halogens is 2. The number of ether oxygens (including phenoxy) is 1. The fourth-order valence-corrected chi connectivity index (χ4v) is 3.19. The number of fused-ring (bicyclic) bond motifs is 1. The predicted octanol–water partition coefficient (Wildman–Crippen LogP) is 4.00. The van der Waals surface area contributed by atoms with Crippen molar-refractivity contribution in [3.63, 3.8) is 0 Å². The summed E-state index contributed by atoms with van der Waals surface area (Å²) in [6.45, 7) is 3.42. The smallest absolute Gasteiger partial charge is 0.341 e. The van der Waals surface area contributed by atoms with Gasteiger partial charge in [0.05, 0.1) is 5.56 Å². The molecule has 0 saturated heterocycles. The average molecular weight is 362 g/mol. The predicted molar refractivity (Wildman–Crippen MR) is 93.4 cm³/mol. The van der Waals surface area contributed by atoms with Crippen molar-refractivity contribution in [1.82, 2.24) is 0 Å². The highest BCUT2D eigenvalue weighted by Gasteiger charge is 2.34. The van der Waals surface area contributed by atoms with E-state index in [1.807, 2.05) is 31.2 Å². The highest BCUT2D eigenvalue weighted by molar-refractivity contribution is 6.30. The summed E-state index contributed by atoms with van der Waals surface area (Å²) in [5.74, 6) is -2.01. The lowest BCUT2D eigenvalue weighted by atomic mass is 10.1. The number of anilines is 1. The van der Waals surface area contributed by atoms with Crippen molar-refractivity contribution in [3.8, 4) is 0 Å². The van der Waals surface area contributed by atoms with Gasteiger partial charge in [0, 0.05) is 16.8 Å². The quantitative estimate of drug-likeness (QED) is 0.776. The largest absolute Gasteiger partial charge is 0.449 e. The van der Waals surface area contributed by atoms with E-state index in [0.29, 0.717) is 0 Å². The van der Waals surface area contributed by atoms with E-state index in [2.05, 4.69) is 0 Å². The molecule has 2 aromatic rings. The normalized spacial score (nSPS) is 17.1. The molecule has 0 unspecified atom stereocenters. The van der Waals surface area contributed by atoms with Crippen LogP contribution in [0, 0.1) is 5.82 Å². The first-order valence-electron chi connectivity index (χ1n) is 7.95. The molecule has 0 aromatic heterocycles. The molecule has 2 aromatic carbocycles. The number of amides is 1. The molecular weight excluding hydrogens is 345 g/mol. The second-order valence-corrected chi connectivity index (χ2v) is 6.50. The van der Waals surface area contributed by atoms with Crippen molar-refractivity contribution in [3.05, 3.63) is 64.4 Å². The molecule has 130 valence electrons. The first-order chi connectivity index (χ1) is 11.9. The Bertz CT molecular complexity index is 839. The Hall–Kier alpha value is -2.40. The average Bonchev–Trinajstić information content (AvgIpc) is 2.89. The fourth-order valence-electron chi connectivity index (χ4n) is 3.03. The molecule has 1 heterocycles. The zero-order chi connectivity index (χ0) is 18.1. The van der Waals surface area contributed by atoms with E-state index in [0.717, 1.165) is 23.7 Å². The van der Waals surface area contributed by atoms with Crippen LogP contribution in [0.5, 0.6) is 0 Å². The van der Waals surface area contributed by atoms with Gasteiger partial charge in [-0.3, -0.25) is 4.79 Å². The third kappa shape index (κ3) is 3.37. The molecule has 0 fully saturated rings. The van der Waals surface area contributed by atoms with Crippen LogP contribution in [-0.4, -0.2) is 24.0 Å². The van der Waals surface area contributed by atoms with Gasteiger partial charge in [0.2, 0.25) is 0 Å². The molecule has 0 radical (unpaired) electrons. The molecule has 0 bridgehead atoms. The van der Waals surface area contributed by atoms with Crippen LogP contribution in [-0.2, 0) is 16.0 Å². The Morgan fingerprint density at radius 2 is 2.00 bits per heavy atom. The monoisotopic (exact) mass is 361 g/mol. The van der Waals surface area contributed by atoms with Crippen LogP contribution in [0.25, 0.3) is 0 Å². The lowest BCUT2D eigenvalue weighted by molar-refractivity contribution is -0.126. The number of esters is 1. The first kappa shape index (κ1) is 17.4. The van der Waals surface area contributed by atoms with Gasteiger partial charge in [-0.2, -0.15) is 0 Å². The Balaban J connectivity index is 1.76. The van der Waals surface area contributed by atoms with Gasteiger partial charge in [-0.1, -0.05) is 29.8 Å². The van der Waals surface area contributed by atoms with Gasteiger partial charge >= 0.3 is 5.97 Å². The zero-order valence-electron chi connectivity index (χ0n) is 13.8. The van der Waals surface area contributed by atoms with Gasteiger partial charge in [-0.15, -0.1) is 0 Å². The number of hydrogen-bond acceptors (Lipinski definition) is 3. The number of nitrogens with zero attached hydrogens (tertiary/aromatic N) is 1. The number of para-hydroxylation sites is 1. The minimum Gasteiger partial charge on any atom is -0.449 e. The van der Waals surface area contributed by atoms with Crippen LogP contribution in [0.4, 0.5) is 10.1 Å². The molecule has 3 rings (SSSR count). The number of benzene rings is 2. The molecule has 0 N–H and O–H groups in total. The highest BCUT2D eigenvalue weighted by atomic mass is 35.5. The summed E-state index contributed by atoms with van der Waals surface area (Å²) in [6.07, 6.45) is -0.287. The molecule has 25 heavy (non-hydrogen) atoms. The van der Waals surface area contributed by atoms with E-state index in [9.17, 15) is 14.0 Å². The van der Waals surface area contributed by atoms with Gasteiger partial charge in [0.15, 0.2) is 6.10 Å². The zero-order valence-corrected chi connectivity index (χ0v) is 14.6. The maximum absolute atomic E-state index is 13.8. The van der Waals surface area contributed by atoms with Gasteiger partial charge in [-0.05, 0) is 50.1 Å². The first-order valence-corrected chi connectivity index (χ1v) is 8.33. The van der Waals surface area contributed by atoms with Crippen molar-refractivity contribution < 1.29 is 18.7 Å². The van der Waals surface area contributed by atoms with Crippen LogP contribution >= 0.6 is 11.6 Å². The maximum Gasteiger partial charge on any atom is 0.341 e. The minimum absolute atomic E-state index is 0.0293. The molecule has 0 saturated carbocycles. The Labute approximate surface area is 150 Å². The lowest BCUT2D eigenvalue weighted by Gasteiger charge is -2.26. The molecule has 0 aliphatic carbocycles. The molecule has 6 heteroatoms. The second kappa shape index (κ2) is 6.84. The topological polar surface area (TPSA) is 46.6 Å². The van der Waals surface area contributed by atoms with Crippen molar-refractivity contribution in [2.75, 3.05) is 4.90 Å². The van der Waals surface area contributed by atoms with Crippen molar-refractivity contribution >= 4 is 29.2 Å². The van der Waals surface area contributed by atoms with Gasteiger partial charge in [-0.25, -0.2) is 9.18 Å². The molecular formula is C19H17ClFNO3. The van der Waals surface area contributed by atoms with E-state index in [4.69, 9.17) is 16.3 Å². The molecule has 1 aliphatic rings. The minimum atomic E-state index is -1.03. The summed E-state index contributed by atoms with van der Waals surface area (Å²) in [7, 11) is 0. The summed E-state index contributed by atoms with van der Waals surface area (Å²) in [6, 6.07) is 11.3. The number of rotatable bonds is 3. The van der Waals surface area contributed by atoms with Gasteiger partial charge in [0.25, 0.3) is 5.91 Å². The maximum atomic E-state index is 13.8. The molecule has 4 nitrogen and oxygen atoms in total. The molecule has 2 atom stereocenters. The van der Waals surface area contributed by atoms with Crippen LogP contribution in [0.1, 0.15) is 29.8 Å². The van der Waals surface area contributed by atoms with Crippen molar-refractivity contribution in [2.45, 2.75) is 32.4 Å². The van der Waals surface area contributed by atoms with E-state index in [1.165, 1.54) is 19.1 Å². The number of carbonyl (C=O) groups excluding carboxylic acids is 2. The third-order valence-electron chi connectivity index (χ3n) is 4.23. The summed E-state index contributed by atoms with van der Waals surface area (Å²) < 4.78 is 19.0. The molecule has 0 spiro atoms. The molecule has 1 amide bonds. The van der Waals surface area contributed by atoms with Crippen molar-refractivity contribution in [2.24, 2.45) is 0 Å². The van der Waals surface area contributed by atoms with E-state index in [1.54, 1.807) is 4.90 Å². The third-order valence-corrected chi connectivity index (χ3v) is 4.46. The standard InChI is InChI=1S/C19H17ClFNO3/c1-11-9-13-5-3-4-6-17(13)22(11)18(23)12(2)25-19(24)15-8-7-14(20)10-16(15)21/h3-8,10-12H,9H2,1-2H3/t11-,12-/m0/s1. The van der Waals surface area contributed by atoms with E-state index >= 15 is 0 Å². The Morgan fingerprint density at radius 3 is 2.72 bits per heavy atom. The fraction of sp³-hybridized carbons (Fsp3) is 0.263. The summed E-state index contributed by atoms with van der Waals surface area (Å²) in [5, 5.41) is 0.181. The van der Waals surface area contributed by atoms with E-state index in [-0.39, 0.29) is 22.5 Å². The summed E-state index contributed by atoms with van der Waals surface area (Å²) >= 11 is 5.67.